The second-order valence-electron chi connectivity index (χ2n) is 14.8. The van der Waals surface area contributed by atoms with Gasteiger partial charge in [-0.1, -0.05) is 31.4 Å². The van der Waals surface area contributed by atoms with Crippen molar-refractivity contribution in [3.05, 3.63) is 34.9 Å². The fourth-order valence-corrected chi connectivity index (χ4v) is 9.63. The summed E-state index contributed by atoms with van der Waals surface area (Å²) in [5, 5.41) is 56.1. The minimum absolute atomic E-state index is 0.0152. The van der Waals surface area contributed by atoms with Crippen molar-refractivity contribution in [1.29, 1.82) is 0 Å². The van der Waals surface area contributed by atoms with Gasteiger partial charge in [-0.25, -0.2) is 9.59 Å². The SMILES string of the molecule is O=C(O)C(O)C(O)C(=O)O.O=C1C/C(=C/C2CCCCC2)C(=O)N1[C@@H]1CC[C@@]2(O)[C@H]3Cc4ccc(O)c5c4[C@@]2(CCN3CC2CC2)[C@H]1O5. The largest absolute Gasteiger partial charge is 0.504 e. The lowest BCUT2D eigenvalue weighted by atomic mass is 9.48. The van der Waals surface area contributed by atoms with Gasteiger partial charge in [0.25, 0.3) is 5.91 Å². The number of rotatable bonds is 7. The van der Waals surface area contributed by atoms with Crippen molar-refractivity contribution < 1.29 is 54.6 Å². The molecule has 260 valence electrons. The van der Waals surface area contributed by atoms with Gasteiger partial charge in [-0.2, -0.15) is 0 Å². The number of amides is 2. The van der Waals surface area contributed by atoms with E-state index in [9.17, 15) is 29.4 Å². The first-order valence-electron chi connectivity index (χ1n) is 17.2. The number of likely N-dealkylation sites (tertiary alicyclic amines) is 2. The first-order valence-corrected chi connectivity index (χ1v) is 17.2. The lowest BCUT2D eigenvalue weighted by molar-refractivity contribution is -0.201. The molecule has 7 atom stereocenters. The third kappa shape index (κ3) is 5.12. The molecular weight excluding hydrogens is 624 g/mol. The molecule has 1 spiro atoms. The molecule has 0 aromatic heterocycles. The molecule has 13 heteroatoms. The van der Waals surface area contributed by atoms with E-state index >= 15 is 0 Å². The number of aliphatic hydroxyl groups is 3. The summed E-state index contributed by atoms with van der Waals surface area (Å²) >= 11 is 0. The monoisotopic (exact) mass is 668 g/mol. The Morgan fingerprint density at radius 2 is 1.67 bits per heavy atom. The number of carbonyl (C=O) groups excluding carboxylic acids is 2. The minimum Gasteiger partial charge on any atom is -0.504 e. The Bertz CT molecular complexity index is 1530. The van der Waals surface area contributed by atoms with Crippen molar-refractivity contribution >= 4 is 23.8 Å². The number of phenols is 1. The van der Waals surface area contributed by atoms with Gasteiger partial charge in [-0.3, -0.25) is 19.4 Å². The van der Waals surface area contributed by atoms with Crippen LogP contribution in [0.3, 0.4) is 0 Å². The van der Waals surface area contributed by atoms with Gasteiger partial charge in [0.1, 0.15) is 6.10 Å². The van der Waals surface area contributed by atoms with Crippen molar-refractivity contribution in [2.24, 2.45) is 11.8 Å². The maximum Gasteiger partial charge on any atom is 0.335 e. The smallest absolute Gasteiger partial charge is 0.335 e. The summed E-state index contributed by atoms with van der Waals surface area (Å²) in [6, 6.07) is 3.24. The Kier molecular flexibility index (Phi) is 8.33. The molecule has 3 saturated carbocycles. The normalized spacial score (nSPS) is 34.6. The zero-order valence-corrected chi connectivity index (χ0v) is 26.8. The van der Waals surface area contributed by atoms with Crippen molar-refractivity contribution in [2.45, 2.75) is 118 Å². The van der Waals surface area contributed by atoms with Crippen LogP contribution in [0.4, 0.5) is 0 Å². The summed E-state index contributed by atoms with van der Waals surface area (Å²) in [5.74, 6) is -2.20. The van der Waals surface area contributed by atoms with Crippen LogP contribution in [0.15, 0.2) is 23.8 Å². The summed E-state index contributed by atoms with van der Waals surface area (Å²) in [7, 11) is 0. The Balaban J connectivity index is 0.000000320. The molecule has 0 radical (unpaired) electrons. The van der Waals surface area contributed by atoms with E-state index in [0.717, 1.165) is 49.4 Å². The van der Waals surface area contributed by atoms with Crippen molar-refractivity contribution in [1.82, 2.24) is 9.80 Å². The minimum atomic E-state index is -2.27. The summed E-state index contributed by atoms with van der Waals surface area (Å²) in [6.45, 7) is 1.88. The molecule has 5 fully saturated rings. The zero-order valence-electron chi connectivity index (χ0n) is 26.8. The molecule has 2 bridgehead atoms. The zero-order chi connectivity index (χ0) is 34.1. The van der Waals surface area contributed by atoms with Crippen LogP contribution in [0.25, 0.3) is 0 Å². The van der Waals surface area contributed by atoms with Crippen LogP contribution in [0.5, 0.6) is 11.5 Å². The molecular formula is C35H44N2O11. The number of ether oxygens (including phenoxy) is 1. The maximum absolute atomic E-state index is 13.8. The number of aliphatic hydroxyl groups excluding tert-OH is 2. The van der Waals surface area contributed by atoms with Crippen molar-refractivity contribution in [3.63, 3.8) is 0 Å². The van der Waals surface area contributed by atoms with E-state index in [-0.39, 0.29) is 30.0 Å². The topological polar surface area (TPSA) is 205 Å². The van der Waals surface area contributed by atoms with Gasteiger partial charge in [0.2, 0.25) is 5.91 Å². The number of aliphatic carboxylic acids is 2. The average Bonchev–Trinajstić information content (AvgIpc) is 3.74. The molecule has 2 amide bonds. The second kappa shape index (κ2) is 12.1. The first kappa shape index (κ1) is 33.0. The van der Waals surface area contributed by atoms with Crippen molar-refractivity contribution in [2.75, 3.05) is 13.1 Å². The van der Waals surface area contributed by atoms with Crippen LogP contribution in [0.2, 0.25) is 0 Å². The molecule has 13 nitrogen and oxygen atoms in total. The molecule has 1 aromatic carbocycles. The van der Waals surface area contributed by atoms with E-state index < -0.39 is 47.3 Å². The van der Waals surface area contributed by atoms with Crippen LogP contribution in [-0.4, -0.2) is 113 Å². The highest BCUT2D eigenvalue weighted by Crippen LogP contribution is 2.66. The Labute approximate surface area is 277 Å². The number of nitrogens with zero attached hydrogens (tertiary/aromatic N) is 2. The van der Waals surface area contributed by atoms with Gasteiger partial charge in [-0.05, 0) is 81.4 Å². The highest BCUT2D eigenvalue weighted by molar-refractivity contribution is 6.13. The number of benzene rings is 1. The van der Waals surface area contributed by atoms with Gasteiger partial charge in [0.15, 0.2) is 23.7 Å². The van der Waals surface area contributed by atoms with Gasteiger partial charge in [-0.15, -0.1) is 0 Å². The van der Waals surface area contributed by atoms with Gasteiger partial charge < -0.3 is 35.4 Å². The van der Waals surface area contributed by atoms with Gasteiger partial charge >= 0.3 is 11.9 Å². The predicted octanol–water partition coefficient (Wildman–Crippen LogP) is 1.47. The lowest BCUT2D eigenvalue weighted by Crippen LogP contribution is -2.78. The van der Waals surface area contributed by atoms with E-state index in [0.29, 0.717) is 36.5 Å². The number of carboxylic acids is 2. The fraction of sp³-hybridized carbons (Fsp3) is 0.657. The second-order valence-corrected chi connectivity index (χ2v) is 14.8. The van der Waals surface area contributed by atoms with Crippen LogP contribution in [0, 0.1) is 11.8 Å². The van der Waals surface area contributed by atoms with E-state index in [1.54, 1.807) is 6.07 Å². The van der Waals surface area contributed by atoms with Crippen LogP contribution in [0.1, 0.15) is 81.8 Å². The van der Waals surface area contributed by atoms with Gasteiger partial charge in [0.05, 0.1) is 23.5 Å². The van der Waals surface area contributed by atoms with E-state index in [1.807, 2.05) is 6.07 Å². The lowest BCUT2D eigenvalue weighted by Gasteiger charge is -2.64. The molecule has 2 unspecified atom stereocenters. The quantitative estimate of drug-likeness (QED) is 0.181. The number of hydrogen-bond donors (Lipinski definition) is 6. The molecule has 1 aromatic rings. The number of piperidine rings is 1. The summed E-state index contributed by atoms with van der Waals surface area (Å²) < 4.78 is 6.62. The predicted molar refractivity (Wildman–Crippen MR) is 167 cm³/mol. The molecule has 48 heavy (non-hydrogen) atoms. The van der Waals surface area contributed by atoms with Crippen LogP contribution >= 0.6 is 0 Å². The number of aromatic hydroxyl groups is 1. The molecule has 3 heterocycles. The fourth-order valence-electron chi connectivity index (χ4n) is 9.63. The van der Waals surface area contributed by atoms with Gasteiger partial charge in [0, 0.05) is 23.7 Å². The summed E-state index contributed by atoms with van der Waals surface area (Å²) in [6.07, 6.45) is 8.00. The average molecular weight is 669 g/mol. The molecule has 2 saturated heterocycles. The van der Waals surface area contributed by atoms with E-state index in [4.69, 9.17) is 25.2 Å². The Morgan fingerprint density at radius 1 is 0.979 bits per heavy atom. The number of carbonyl (C=O) groups is 4. The Hall–Kier alpha value is -3.52. The van der Waals surface area contributed by atoms with E-state index in [1.165, 1.54) is 37.0 Å². The maximum atomic E-state index is 13.8. The third-order valence-electron chi connectivity index (χ3n) is 12.1. The standard InChI is InChI=1S/C31H38N2O5.C4H6O6/c34-23-9-8-20-15-24-31(37)11-10-22(33-25(35)16-21(29(33)36)14-18-4-2-1-3-5-18)28-30(31,26(20)27(23)38-28)12-13-32(24)17-19-6-7-19;5-1(3(7)8)2(6)4(9)10/h8-9,14,18-19,22,24,28,34,37H,1-7,10-13,15-17H2;1-2,5-6H,(H,7,8)(H,9,10)/b21-14-;/t22-,24-,28+,30+,31-;/m1./s1. The number of imide groups is 1. The molecule has 7 aliphatic rings. The van der Waals surface area contributed by atoms with Crippen molar-refractivity contribution in [3.8, 4) is 11.5 Å². The summed E-state index contributed by atoms with van der Waals surface area (Å²) in [4.78, 5) is 50.8. The van der Waals surface area contributed by atoms with E-state index in [2.05, 4.69) is 11.0 Å². The first-order chi connectivity index (χ1) is 22.9. The Morgan fingerprint density at radius 3 is 2.31 bits per heavy atom. The molecule has 8 rings (SSSR count). The number of hydrogen-bond acceptors (Lipinski definition) is 10. The number of carboxylic acid groups (broad SMARTS) is 2. The highest BCUT2D eigenvalue weighted by Gasteiger charge is 2.74. The highest BCUT2D eigenvalue weighted by atomic mass is 16.5. The molecule has 3 aliphatic heterocycles. The number of phenolic OH excluding ortho intramolecular Hbond substituents is 1. The third-order valence-corrected chi connectivity index (χ3v) is 12.1. The summed E-state index contributed by atoms with van der Waals surface area (Å²) in [5.41, 5.74) is 0.973. The molecule has 6 N–H and O–H groups in total. The van der Waals surface area contributed by atoms with Crippen LogP contribution in [-0.2, 0) is 31.0 Å². The van der Waals surface area contributed by atoms with Crippen LogP contribution < -0.4 is 4.74 Å². The molecule has 4 aliphatic carbocycles. The number of allylic oxidation sites excluding steroid dienone is 1.